The van der Waals surface area contributed by atoms with Crippen LogP contribution in [0.1, 0.15) is 21.7 Å². The van der Waals surface area contributed by atoms with Gasteiger partial charge in [0.15, 0.2) is 0 Å². The first kappa shape index (κ1) is 19.9. The second-order valence-electron chi connectivity index (χ2n) is 6.50. The minimum atomic E-state index is -0.199. The number of amides is 1. The Kier molecular flexibility index (Phi) is 6.59. The Morgan fingerprint density at radius 1 is 0.967 bits per heavy atom. The summed E-state index contributed by atoms with van der Waals surface area (Å²) in [6, 6.07) is 24.7. The molecule has 1 N–H and O–H groups in total. The number of carbonyl (C=O) groups is 1. The summed E-state index contributed by atoms with van der Waals surface area (Å²) < 4.78 is 10.9. The number of ether oxygens (including phenoxy) is 1. The summed E-state index contributed by atoms with van der Waals surface area (Å²) in [5.74, 6) is 0.578. The maximum Gasteiger partial charge on any atom is 0.258 e. The zero-order valence-corrected chi connectivity index (χ0v) is 17.0. The lowest BCUT2D eigenvalue weighted by Crippen LogP contribution is -2.13. The van der Waals surface area contributed by atoms with E-state index in [-0.39, 0.29) is 5.91 Å². The van der Waals surface area contributed by atoms with Crippen molar-refractivity contribution in [3.05, 3.63) is 108 Å². The van der Waals surface area contributed by atoms with E-state index in [1.54, 1.807) is 24.6 Å². The van der Waals surface area contributed by atoms with E-state index >= 15 is 0 Å². The Morgan fingerprint density at radius 2 is 1.87 bits per heavy atom. The number of hydrogen-bond acceptors (Lipinski definition) is 5. The fourth-order valence-corrected chi connectivity index (χ4v) is 3.75. The summed E-state index contributed by atoms with van der Waals surface area (Å²) in [4.78, 5) is 18.3. The molecule has 0 aliphatic carbocycles. The van der Waals surface area contributed by atoms with Crippen LogP contribution in [-0.4, -0.2) is 10.9 Å². The van der Waals surface area contributed by atoms with Crippen molar-refractivity contribution in [1.82, 2.24) is 4.98 Å². The standard InChI is InChI=1S/C24H20N2O3S/c27-23(22-12-5-13-25-24(22)30-21-10-2-1-3-11-21)26-19-8-4-7-18(15-19)16-28-17-20-9-6-14-29-20/h1-15H,16-17H2,(H,26,27). The van der Waals surface area contributed by atoms with Gasteiger partial charge >= 0.3 is 0 Å². The van der Waals surface area contributed by atoms with Crippen LogP contribution >= 0.6 is 11.8 Å². The zero-order valence-electron chi connectivity index (χ0n) is 16.2. The van der Waals surface area contributed by atoms with Gasteiger partial charge in [-0.2, -0.15) is 0 Å². The third kappa shape index (κ3) is 5.37. The fourth-order valence-electron chi connectivity index (χ4n) is 2.85. The highest BCUT2D eigenvalue weighted by molar-refractivity contribution is 7.99. The number of nitrogens with one attached hydrogen (secondary N) is 1. The Balaban J connectivity index is 1.41. The summed E-state index contributed by atoms with van der Waals surface area (Å²) in [7, 11) is 0. The van der Waals surface area contributed by atoms with Gasteiger partial charge in [-0.1, -0.05) is 42.1 Å². The predicted octanol–water partition coefficient (Wildman–Crippen LogP) is 5.79. The number of aromatic nitrogens is 1. The molecule has 0 fully saturated rings. The van der Waals surface area contributed by atoms with Crippen LogP contribution in [-0.2, 0) is 18.0 Å². The first-order valence-corrected chi connectivity index (χ1v) is 10.3. The van der Waals surface area contributed by atoms with Gasteiger partial charge in [-0.3, -0.25) is 4.79 Å². The van der Waals surface area contributed by atoms with E-state index in [9.17, 15) is 4.79 Å². The van der Waals surface area contributed by atoms with Crippen molar-refractivity contribution >= 4 is 23.4 Å². The van der Waals surface area contributed by atoms with Crippen LogP contribution in [0, 0.1) is 0 Å². The van der Waals surface area contributed by atoms with Gasteiger partial charge in [0.2, 0.25) is 0 Å². The lowest BCUT2D eigenvalue weighted by molar-refractivity contribution is 0.0929. The van der Waals surface area contributed by atoms with E-state index in [0.717, 1.165) is 16.2 Å². The smallest absolute Gasteiger partial charge is 0.258 e. The first-order valence-electron chi connectivity index (χ1n) is 9.46. The van der Waals surface area contributed by atoms with Gasteiger partial charge < -0.3 is 14.5 Å². The van der Waals surface area contributed by atoms with Gasteiger partial charge in [0.25, 0.3) is 5.91 Å². The lowest BCUT2D eigenvalue weighted by atomic mass is 10.2. The molecule has 5 nitrogen and oxygen atoms in total. The predicted molar refractivity (Wildman–Crippen MR) is 116 cm³/mol. The number of anilines is 1. The van der Waals surface area contributed by atoms with Gasteiger partial charge in [0, 0.05) is 16.8 Å². The van der Waals surface area contributed by atoms with Gasteiger partial charge in [-0.15, -0.1) is 0 Å². The molecule has 1 amide bonds. The molecule has 0 saturated carbocycles. The molecule has 0 bridgehead atoms. The quantitative estimate of drug-likeness (QED) is 0.394. The Labute approximate surface area is 179 Å². The molecule has 4 rings (SSSR count). The van der Waals surface area contributed by atoms with E-state index in [2.05, 4.69) is 10.3 Å². The van der Waals surface area contributed by atoms with Crippen molar-refractivity contribution in [2.24, 2.45) is 0 Å². The molecule has 0 atom stereocenters. The summed E-state index contributed by atoms with van der Waals surface area (Å²) in [5, 5.41) is 3.63. The maximum atomic E-state index is 12.9. The van der Waals surface area contributed by atoms with E-state index in [4.69, 9.17) is 9.15 Å². The van der Waals surface area contributed by atoms with E-state index in [1.165, 1.54) is 11.8 Å². The molecule has 0 aliphatic rings. The highest BCUT2D eigenvalue weighted by Gasteiger charge is 2.14. The summed E-state index contributed by atoms with van der Waals surface area (Å²) >= 11 is 1.47. The average molecular weight is 417 g/mol. The van der Waals surface area contributed by atoms with Crippen molar-refractivity contribution in [2.45, 2.75) is 23.1 Å². The number of furan rings is 1. The average Bonchev–Trinajstić information content (AvgIpc) is 3.29. The minimum absolute atomic E-state index is 0.199. The highest BCUT2D eigenvalue weighted by atomic mass is 32.2. The van der Waals surface area contributed by atoms with Crippen molar-refractivity contribution in [3.8, 4) is 0 Å². The SMILES string of the molecule is O=C(Nc1cccc(COCc2ccco2)c1)c1cccnc1Sc1ccccc1. The largest absolute Gasteiger partial charge is 0.467 e. The van der Waals surface area contributed by atoms with Gasteiger partial charge in [0.05, 0.1) is 18.4 Å². The fraction of sp³-hybridized carbons (Fsp3) is 0.0833. The van der Waals surface area contributed by atoms with Crippen LogP contribution in [0.25, 0.3) is 0 Å². The van der Waals surface area contributed by atoms with Gasteiger partial charge in [-0.25, -0.2) is 4.98 Å². The topological polar surface area (TPSA) is 64.4 Å². The number of hydrogen-bond donors (Lipinski definition) is 1. The number of rotatable bonds is 8. The van der Waals surface area contributed by atoms with Gasteiger partial charge in [0.1, 0.15) is 17.4 Å². The van der Waals surface area contributed by atoms with Crippen LogP contribution in [0.15, 0.2) is 106 Å². The van der Waals surface area contributed by atoms with Crippen LogP contribution in [0.2, 0.25) is 0 Å². The molecule has 2 aromatic heterocycles. The number of benzene rings is 2. The third-order valence-corrected chi connectivity index (χ3v) is 5.28. The molecule has 30 heavy (non-hydrogen) atoms. The van der Waals surface area contributed by atoms with Crippen molar-refractivity contribution in [1.29, 1.82) is 0 Å². The summed E-state index contributed by atoms with van der Waals surface area (Å²) in [5.41, 5.74) is 2.20. The third-order valence-electron chi connectivity index (χ3n) is 4.25. The molecule has 4 aromatic rings. The summed E-state index contributed by atoms with van der Waals surface area (Å²) in [6.07, 6.45) is 3.32. The zero-order chi connectivity index (χ0) is 20.6. The minimum Gasteiger partial charge on any atom is -0.467 e. The molecule has 0 radical (unpaired) electrons. The monoisotopic (exact) mass is 416 g/mol. The van der Waals surface area contributed by atoms with Crippen molar-refractivity contribution in [2.75, 3.05) is 5.32 Å². The molecule has 6 heteroatoms. The van der Waals surface area contributed by atoms with Crippen molar-refractivity contribution in [3.63, 3.8) is 0 Å². The van der Waals surface area contributed by atoms with E-state index in [0.29, 0.717) is 29.5 Å². The molecule has 2 aromatic carbocycles. The first-order chi connectivity index (χ1) is 14.8. The lowest BCUT2D eigenvalue weighted by Gasteiger charge is -2.10. The Hall–Kier alpha value is -3.35. The normalized spacial score (nSPS) is 10.7. The van der Waals surface area contributed by atoms with Crippen molar-refractivity contribution < 1.29 is 13.9 Å². The van der Waals surface area contributed by atoms with E-state index < -0.39 is 0 Å². The highest BCUT2D eigenvalue weighted by Crippen LogP contribution is 2.28. The molecular formula is C24H20N2O3S. The number of nitrogens with zero attached hydrogens (tertiary/aromatic N) is 1. The number of pyridine rings is 1. The summed E-state index contributed by atoms with van der Waals surface area (Å²) in [6.45, 7) is 0.825. The molecule has 0 unspecified atom stereocenters. The van der Waals surface area contributed by atoms with E-state index in [1.807, 2.05) is 66.7 Å². The van der Waals surface area contributed by atoms with Crippen LogP contribution < -0.4 is 5.32 Å². The molecule has 0 saturated heterocycles. The molecule has 2 heterocycles. The Morgan fingerprint density at radius 3 is 2.70 bits per heavy atom. The maximum absolute atomic E-state index is 12.9. The molecule has 0 aliphatic heterocycles. The second kappa shape index (κ2) is 9.91. The Bertz CT molecular complexity index is 1100. The van der Waals surface area contributed by atoms with Gasteiger partial charge in [-0.05, 0) is 54.1 Å². The number of carbonyl (C=O) groups excluding carboxylic acids is 1. The van der Waals surface area contributed by atoms with Crippen LogP contribution in [0.4, 0.5) is 5.69 Å². The molecular weight excluding hydrogens is 396 g/mol. The van der Waals surface area contributed by atoms with Crippen LogP contribution in [0.3, 0.4) is 0 Å². The molecule has 0 spiro atoms. The van der Waals surface area contributed by atoms with Crippen LogP contribution in [0.5, 0.6) is 0 Å². The molecule has 150 valence electrons. The second-order valence-corrected chi connectivity index (χ2v) is 7.56.